The van der Waals surface area contributed by atoms with Gasteiger partial charge in [0.1, 0.15) is 17.2 Å². The van der Waals surface area contributed by atoms with E-state index in [4.69, 9.17) is 0 Å². The fourth-order valence-electron chi connectivity index (χ4n) is 3.08. The molecule has 0 fully saturated rings. The Morgan fingerprint density at radius 2 is 1.66 bits per heavy atom. The molecule has 0 aliphatic rings. The molecule has 7 heteroatoms. The van der Waals surface area contributed by atoms with Gasteiger partial charge in [0.2, 0.25) is 5.43 Å². The summed E-state index contributed by atoms with van der Waals surface area (Å²) in [4.78, 5) is 29.5. The van der Waals surface area contributed by atoms with Gasteiger partial charge in [-0.3, -0.25) is 14.6 Å². The van der Waals surface area contributed by atoms with E-state index in [9.17, 15) is 18.4 Å². The number of hydrogen-bond acceptors (Lipinski definition) is 3. The molecule has 0 atom stereocenters. The molecular formula is C22H15F2N3O2. The van der Waals surface area contributed by atoms with Gasteiger partial charge >= 0.3 is 0 Å². The average molecular weight is 391 g/mol. The molecule has 5 nitrogen and oxygen atoms in total. The van der Waals surface area contributed by atoms with Gasteiger partial charge < -0.3 is 9.88 Å². The first-order valence-corrected chi connectivity index (χ1v) is 8.80. The summed E-state index contributed by atoms with van der Waals surface area (Å²) in [6.07, 6.45) is 4.46. The first-order chi connectivity index (χ1) is 14.0. The molecule has 0 spiro atoms. The molecule has 1 N–H and O–H groups in total. The zero-order valence-corrected chi connectivity index (χ0v) is 15.1. The molecule has 0 aliphatic heterocycles. The van der Waals surface area contributed by atoms with Crippen LogP contribution in [0.4, 0.5) is 14.5 Å². The zero-order valence-electron chi connectivity index (χ0n) is 15.1. The molecule has 2 aromatic carbocycles. The Hall–Kier alpha value is -3.87. The smallest absolute Gasteiger partial charge is 0.261 e. The molecule has 2 aromatic heterocycles. The Kier molecular flexibility index (Phi) is 4.87. The number of fused-ring (bicyclic) bond motifs is 1. The minimum absolute atomic E-state index is 0.0921. The van der Waals surface area contributed by atoms with Crippen LogP contribution in [-0.2, 0) is 6.54 Å². The van der Waals surface area contributed by atoms with Gasteiger partial charge in [0.25, 0.3) is 5.91 Å². The first-order valence-electron chi connectivity index (χ1n) is 8.80. The monoisotopic (exact) mass is 391 g/mol. The zero-order chi connectivity index (χ0) is 20.4. The van der Waals surface area contributed by atoms with Gasteiger partial charge in [-0.15, -0.1) is 0 Å². The van der Waals surface area contributed by atoms with Crippen LogP contribution in [0, 0.1) is 11.6 Å². The highest BCUT2D eigenvalue weighted by atomic mass is 19.1. The second-order valence-electron chi connectivity index (χ2n) is 6.48. The summed E-state index contributed by atoms with van der Waals surface area (Å²) >= 11 is 0. The molecule has 0 radical (unpaired) electrons. The maximum atomic E-state index is 13.8. The SMILES string of the molecule is O=C(Nc1ccncc1)c1cn(Cc2ccc(F)cc2)c2ccc(F)cc2c1=O. The van der Waals surface area contributed by atoms with Crippen molar-refractivity contribution in [2.24, 2.45) is 0 Å². The maximum Gasteiger partial charge on any atom is 0.261 e. The minimum Gasteiger partial charge on any atom is -0.342 e. The lowest BCUT2D eigenvalue weighted by Crippen LogP contribution is -2.24. The molecule has 144 valence electrons. The van der Waals surface area contributed by atoms with Crippen LogP contribution in [0.5, 0.6) is 0 Å². The highest BCUT2D eigenvalue weighted by Crippen LogP contribution is 2.17. The van der Waals surface area contributed by atoms with Crippen LogP contribution >= 0.6 is 0 Å². The van der Waals surface area contributed by atoms with Crippen molar-refractivity contribution in [1.29, 1.82) is 0 Å². The summed E-state index contributed by atoms with van der Waals surface area (Å²) in [5, 5.41) is 2.73. The van der Waals surface area contributed by atoms with Crippen LogP contribution in [0.25, 0.3) is 10.9 Å². The van der Waals surface area contributed by atoms with Gasteiger partial charge in [0.15, 0.2) is 0 Å². The number of aromatic nitrogens is 2. The second-order valence-corrected chi connectivity index (χ2v) is 6.48. The van der Waals surface area contributed by atoms with Gasteiger partial charge in [-0.25, -0.2) is 8.78 Å². The van der Waals surface area contributed by atoms with E-state index in [2.05, 4.69) is 10.3 Å². The largest absolute Gasteiger partial charge is 0.342 e. The van der Waals surface area contributed by atoms with Crippen molar-refractivity contribution >= 4 is 22.5 Å². The van der Waals surface area contributed by atoms with Crippen LogP contribution < -0.4 is 10.7 Å². The number of hydrogen-bond donors (Lipinski definition) is 1. The number of benzene rings is 2. The Morgan fingerprint density at radius 3 is 2.38 bits per heavy atom. The van der Waals surface area contributed by atoms with E-state index in [0.29, 0.717) is 11.2 Å². The van der Waals surface area contributed by atoms with Crippen LogP contribution in [-0.4, -0.2) is 15.5 Å². The number of pyridine rings is 2. The van der Waals surface area contributed by atoms with Crippen molar-refractivity contribution in [2.45, 2.75) is 6.54 Å². The van der Waals surface area contributed by atoms with Crippen molar-refractivity contribution in [1.82, 2.24) is 9.55 Å². The van der Waals surface area contributed by atoms with Gasteiger partial charge in [0.05, 0.1) is 5.52 Å². The molecule has 4 rings (SSSR count). The number of carbonyl (C=O) groups is 1. The molecule has 29 heavy (non-hydrogen) atoms. The lowest BCUT2D eigenvalue weighted by atomic mass is 10.1. The van der Waals surface area contributed by atoms with Crippen LogP contribution in [0.15, 0.2) is 78.0 Å². The maximum absolute atomic E-state index is 13.8. The number of carbonyl (C=O) groups excluding carboxylic acids is 1. The quantitative estimate of drug-likeness (QED) is 0.572. The van der Waals surface area contributed by atoms with E-state index < -0.39 is 17.2 Å². The number of nitrogens with zero attached hydrogens (tertiary/aromatic N) is 2. The third-order valence-corrected chi connectivity index (χ3v) is 4.49. The predicted molar refractivity (Wildman–Crippen MR) is 106 cm³/mol. The third kappa shape index (κ3) is 3.89. The Bertz CT molecular complexity index is 1250. The van der Waals surface area contributed by atoms with Gasteiger partial charge in [0, 0.05) is 36.2 Å². The summed E-state index contributed by atoms with van der Waals surface area (Å²) in [6.45, 7) is 0.276. The van der Waals surface area contributed by atoms with E-state index in [-0.39, 0.29) is 23.3 Å². The Labute approximate surface area is 164 Å². The molecule has 0 saturated heterocycles. The predicted octanol–water partition coefficient (Wildman–Crippen LogP) is 3.98. The fourth-order valence-corrected chi connectivity index (χ4v) is 3.08. The number of nitrogens with one attached hydrogen (secondary N) is 1. The van der Waals surface area contributed by atoms with Gasteiger partial charge in [-0.05, 0) is 48.0 Å². The van der Waals surface area contributed by atoms with Crippen molar-refractivity contribution in [3.8, 4) is 0 Å². The van der Waals surface area contributed by atoms with Crippen LogP contribution in [0.3, 0.4) is 0 Å². The van der Waals surface area contributed by atoms with Crippen molar-refractivity contribution in [3.63, 3.8) is 0 Å². The number of halogens is 2. The third-order valence-electron chi connectivity index (χ3n) is 4.49. The average Bonchev–Trinajstić information content (AvgIpc) is 2.72. The Balaban J connectivity index is 1.81. The summed E-state index contributed by atoms with van der Waals surface area (Å²) in [5.74, 6) is -1.55. The lowest BCUT2D eigenvalue weighted by molar-refractivity contribution is 0.102. The van der Waals surface area contributed by atoms with Crippen LogP contribution in [0.2, 0.25) is 0 Å². The van der Waals surface area contributed by atoms with Crippen LogP contribution in [0.1, 0.15) is 15.9 Å². The van der Waals surface area contributed by atoms with E-state index in [1.54, 1.807) is 28.8 Å². The molecule has 0 unspecified atom stereocenters. The van der Waals surface area contributed by atoms with E-state index in [0.717, 1.165) is 11.6 Å². The first kappa shape index (κ1) is 18.5. The van der Waals surface area contributed by atoms with Gasteiger partial charge in [-0.1, -0.05) is 12.1 Å². The summed E-state index contributed by atoms with van der Waals surface area (Å²) < 4.78 is 28.7. The van der Waals surface area contributed by atoms with Crippen molar-refractivity contribution < 1.29 is 13.6 Å². The molecule has 0 saturated carbocycles. The summed E-state index contributed by atoms with van der Waals surface area (Å²) in [6, 6.07) is 12.9. The highest BCUT2D eigenvalue weighted by molar-refractivity contribution is 6.05. The highest BCUT2D eigenvalue weighted by Gasteiger charge is 2.16. The minimum atomic E-state index is -0.611. The second kappa shape index (κ2) is 7.63. The van der Waals surface area contributed by atoms with Crippen molar-refractivity contribution in [3.05, 3.63) is 106 Å². The molecule has 1 amide bonds. The molecular weight excluding hydrogens is 376 g/mol. The van der Waals surface area contributed by atoms with E-state index in [1.807, 2.05) is 0 Å². The van der Waals surface area contributed by atoms with Crippen molar-refractivity contribution in [2.75, 3.05) is 5.32 Å². The van der Waals surface area contributed by atoms with E-state index in [1.165, 1.54) is 42.9 Å². The Morgan fingerprint density at radius 1 is 0.966 bits per heavy atom. The number of amides is 1. The normalized spacial score (nSPS) is 10.8. The van der Waals surface area contributed by atoms with Gasteiger partial charge in [-0.2, -0.15) is 0 Å². The standard InChI is InChI=1S/C22H15F2N3O2/c23-15-3-1-14(2-4-15)12-27-13-19(22(29)26-17-7-9-25-10-8-17)21(28)18-11-16(24)5-6-20(18)27/h1-11,13H,12H2,(H,25,26,29). The molecule has 0 bridgehead atoms. The fraction of sp³-hybridized carbons (Fsp3) is 0.0455. The number of rotatable bonds is 4. The summed E-state index contributed by atoms with van der Waals surface area (Å²) in [5.41, 5.74) is 1.03. The molecule has 4 aromatic rings. The molecule has 0 aliphatic carbocycles. The lowest BCUT2D eigenvalue weighted by Gasteiger charge is -2.14. The topological polar surface area (TPSA) is 64.0 Å². The molecule has 2 heterocycles. The number of anilines is 1. The van der Waals surface area contributed by atoms with E-state index >= 15 is 0 Å². The summed E-state index contributed by atoms with van der Waals surface area (Å²) in [7, 11) is 0.